The zero-order chi connectivity index (χ0) is 20.3. The molecule has 1 heterocycles. The summed E-state index contributed by atoms with van der Waals surface area (Å²) < 4.78 is 32.7. The molecule has 146 valence electrons. The van der Waals surface area contributed by atoms with Crippen LogP contribution in [0.3, 0.4) is 0 Å². The normalized spacial score (nSPS) is 17.6. The number of nitrogens with zero attached hydrogens (tertiary/aromatic N) is 3. The van der Waals surface area contributed by atoms with Crippen molar-refractivity contribution in [3.63, 3.8) is 0 Å². The molecular weight excluding hydrogens is 382 g/mol. The summed E-state index contributed by atoms with van der Waals surface area (Å²) >= 11 is 0. The molecule has 1 fully saturated rings. The summed E-state index contributed by atoms with van der Waals surface area (Å²) in [6.45, 7) is 2.78. The topological polar surface area (TPSA) is 114 Å². The molecule has 1 aliphatic rings. The Balaban J connectivity index is 1.95. The molecule has 8 nitrogen and oxygen atoms in total. The number of nitriles is 1. The Morgan fingerprint density at radius 1 is 1.29 bits per heavy atom. The molecule has 1 saturated heterocycles. The fourth-order valence-corrected chi connectivity index (χ4v) is 4.78. The van der Waals surface area contributed by atoms with Crippen LogP contribution in [-0.4, -0.2) is 30.7 Å². The second-order valence-electron chi connectivity index (χ2n) is 6.74. The van der Waals surface area contributed by atoms with Gasteiger partial charge in [0.05, 0.1) is 21.5 Å². The van der Waals surface area contributed by atoms with Gasteiger partial charge in [-0.25, -0.2) is 8.42 Å². The molecule has 9 heteroatoms. The largest absolute Gasteiger partial charge is 0.450 e. The van der Waals surface area contributed by atoms with Gasteiger partial charge < -0.3 is 4.74 Å². The Morgan fingerprint density at radius 3 is 2.75 bits per heavy atom. The third-order valence-electron chi connectivity index (χ3n) is 4.58. The van der Waals surface area contributed by atoms with Crippen molar-refractivity contribution in [1.29, 1.82) is 5.26 Å². The van der Waals surface area contributed by atoms with Crippen LogP contribution in [-0.2, 0) is 10.0 Å². The van der Waals surface area contributed by atoms with Crippen LogP contribution >= 0.6 is 0 Å². The number of rotatable bonds is 5. The van der Waals surface area contributed by atoms with Crippen molar-refractivity contribution in [2.75, 3.05) is 13.1 Å². The van der Waals surface area contributed by atoms with E-state index in [9.17, 15) is 18.5 Å². The fraction of sp³-hybridized carbons (Fsp3) is 0.316. The van der Waals surface area contributed by atoms with Gasteiger partial charge in [-0.05, 0) is 49.1 Å². The Labute approximate surface area is 163 Å². The van der Waals surface area contributed by atoms with Gasteiger partial charge >= 0.3 is 5.69 Å². The zero-order valence-electron chi connectivity index (χ0n) is 15.2. The molecular formula is C19H19N3O5S. The first-order valence-corrected chi connectivity index (χ1v) is 10.2. The van der Waals surface area contributed by atoms with E-state index in [0.717, 1.165) is 18.9 Å². The van der Waals surface area contributed by atoms with E-state index >= 15 is 0 Å². The maximum absolute atomic E-state index is 12.9. The molecule has 0 saturated carbocycles. The van der Waals surface area contributed by atoms with Gasteiger partial charge in [0.1, 0.15) is 5.75 Å². The van der Waals surface area contributed by atoms with Gasteiger partial charge in [0.15, 0.2) is 0 Å². The number of benzene rings is 2. The van der Waals surface area contributed by atoms with Crippen molar-refractivity contribution in [2.45, 2.75) is 24.7 Å². The lowest BCUT2D eigenvalue weighted by atomic mass is 10.0. The van der Waals surface area contributed by atoms with E-state index in [4.69, 9.17) is 10.00 Å². The van der Waals surface area contributed by atoms with Crippen molar-refractivity contribution in [1.82, 2.24) is 4.31 Å². The van der Waals surface area contributed by atoms with E-state index in [1.54, 1.807) is 18.2 Å². The lowest BCUT2D eigenvalue weighted by molar-refractivity contribution is -0.385. The van der Waals surface area contributed by atoms with Crippen LogP contribution in [0.4, 0.5) is 5.69 Å². The van der Waals surface area contributed by atoms with Crippen molar-refractivity contribution in [3.05, 3.63) is 58.1 Å². The van der Waals surface area contributed by atoms with Gasteiger partial charge in [-0.1, -0.05) is 13.0 Å². The summed E-state index contributed by atoms with van der Waals surface area (Å²) in [5.41, 5.74) is -0.105. The molecule has 0 aliphatic carbocycles. The van der Waals surface area contributed by atoms with Crippen LogP contribution in [0.2, 0.25) is 0 Å². The minimum atomic E-state index is -3.82. The number of ether oxygens (including phenoxy) is 1. The number of nitro groups is 1. The van der Waals surface area contributed by atoms with Crippen LogP contribution in [0.25, 0.3) is 0 Å². The molecule has 0 amide bonds. The second-order valence-corrected chi connectivity index (χ2v) is 8.68. The van der Waals surface area contributed by atoms with E-state index in [-0.39, 0.29) is 22.3 Å². The van der Waals surface area contributed by atoms with Crippen LogP contribution in [0, 0.1) is 27.4 Å². The average Bonchev–Trinajstić information content (AvgIpc) is 2.68. The van der Waals surface area contributed by atoms with Gasteiger partial charge in [0.25, 0.3) is 0 Å². The van der Waals surface area contributed by atoms with Gasteiger partial charge in [-0.2, -0.15) is 9.57 Å². The highest BCUT2D eigenvalue weighted by Crippen LogP contribution is 2.35. The smallest absolute Gasteiger partial charge is 0.312 e. The number of sulfonamides is 1. The highest BCUT2D eigenvalue weighted by atomic mass is 32.2. The molecule has 0 aromatic heterocycles. The summed E-state index contributed by atoms with van der Waals surface area (Å²) in [7, 11) is -3.82. The van der Waals surface area contributed by atoms with E-state index < -0.39 is 20.6 Å². The SMILES string of the molecule is C[C@H]1CCCN(S(=O)(=O)c2ccc(Oc3cccc(C#N)c3)c([N+](=O)[O-])c2)C1. The first-order valence-electron chi connectivity index (χ1n) is 8.78. The second kappa shape index (κ2) is 7.96. The summed E-state index contributed by atoms with van der Waals surface area (Å²) in [5.74, 6) is 0.405. The van der Waals surface area contributed by atoms with Gasteiger partial charge in [0, 0.05) is 19.2 Å². The molecule has 2 aromatic carbocycles. The molecule has 2 aromatic rings. The standard InChI is InChI=1S/C19H19N3O5S/c1-14-4-3-9-21(13-14)28(25,26)17-7-8-19(18(11-17)22(23)24)27-16-6-2-5-15(10-16)12-20/h2,5-8,10-11,14H,3-4,9,13H2,1H3/t14-/m0/s1. The van der Waals surface area contributed by atoms with Crippen LogP contribution in [0.5, 0.6) is 11.5 Å². The molecule has 3 rings (SSSR count). The molecule has 0 bridgehead atoms. The lowest BCUT2D eigenvalue weighted by Crippen LogP contribution is -2.39. The number of hydrogen-bond acceptors (Lipinski definition) is 6. The summed E-state index contributed by atoms with van der Waals surface area (Å²) in [4.78, 5) is 10.7. The number of hydrogen-bond donors (Lipinski definition) is 0. The van der Waals surface area contributed by atoms with Crippen molar-refractivity contribution >= 4 is 15.7 Å². The van der Waals surface area contributed by atoms with Crippen molar-refractivity contribution in [2.24, 2.45) is 5.92 Å². The minimum absolute atomic E-state index is 0.0916. The fourth-order valence-electron chi connectivity index (χ4n) is 3.16. The van der Waals surface area contributed by atoms with E-state index in [1.807, 2.05) is 13.0 Å². The molecule has 28 heavy (non-hydrogen) atoms. The van der Waals surface area contributed by atoms with E-state index in [0.29, 0.717) is 18.7 Å². The molecule has 0 unspecified atom stereocenters. The van der Waals surface area contributed by atoms with Crippen LogP contribution in [0.1, 0.15) is 25.3 Å². The Bertz CT molecular complexity index is 1050. The maximum Gasteiger partial charge on any atom is 0.312 e. The monoisotopic (exact) mass is 401 g/mol. The average molecular weight is 401 g/mol. The Kier molecular flexibility index (Phi) is 5.63. The highest BCUT2D eigenvalue weighted by Gasteiger charge is 2.31. The van der Waals surface area contributed by atoms with Crippen molar-refractivity contribution < 1.29 is 18.1 Å². The summed E-state index contributed by atoms with van der Waals surface area (Å²) in [5, 5.41) is 20.5. The quantitative estimate of drug-likeness (QED) is 0.558. The van der Waals surface area contributed by atoms with E-state index in [1.165, 1.54) is 22.5 Å². The third-order valence-corrected chi connectivity index (χ3v) is 6.44. The number of nitro benzene ring substituents is 1. The molecule has 0 spiro atoms. The lowest BCUT2D eigenvalue weighted by Gasteiger charge is -2.30. The molecule has 0 N–H and O–H groups in total. The molecule has 1 atom stereocenters. The highest BCUT2D eigenvalue weighted by molar-refractivity contribution is 7.89. The summed E-state index contributed by atoms with van der Waals surface area (Å²) in [6, 6.07) is 11.8. The van der Waals surface area contributed by atoms with Gasteiger partial charge in [0.2, 0.25) is 15.8 Å². The van der Waals surface area contributed by atoms with Gasteiger partial charge in [-0.3, -0.25) is 10.1 Å². The Hall–Kier alpha value is -2.96. The predicted molar refractivity (Wildman–Crippen MR) is 101 cm³/mol. The third kappa shape index (κ3) is 4.13. The van der Waals surface area contributed by atoms with Crippen molar-refractivity contribution in [3.8, 4) is 17.6 Å². The first-order chi connectivity index (χ1) is 13.3. The first kappa shape index (κ1) is 19.8. The van der Waals surface area contributed by atoms with Gasteiger partial charge in [-0.15, -0.1) is 0 Å². The summed E-state index contributed by atoms with van der Waals surface area (Å²) in [6.07, 6.45) is 1.72. The Morgan fingerprint density at radius 2 is 2.07 bits per heavy atom. The molecule has 0 radical (unpaired) electrons. The number of piperidine rings is 1. The molecule has 1 aliphatic heterocycles. The minimum Gasteiger partial charge on any atom is -0.450 e. The zero-order valence-corrected chi connectivity index (χ0v) is 16.1. The maximum atomic E-state index is 12.9. The van der Waals surface area contributed by atoms with E-state index in [2.05, 4.69) is 0 Å². The van der Waals surface area contributed by atoms with Crippen LogP contribution in [0.15, 0.2) is 47.4 Å². The predicted octanol–water partition coefficient (Wildman–Crippen LogP) is 3.68. The van der Waals surface area contributed by atoms with Crippen LogP contribution < -0.4 is 4.74 Å².